The van der Waals surface area contributed by atoms with Crippen LogP contribution in [0.4, 0.5) is 14.5 Å². The first-order chi connectivity index (χ1) is 8.32. The molecule has 0 bridgehead atoms. The second-order valence-electron chi connectivity index (χ2n) is 4.45. The van der Waals surface area contributed by atoms with E-state index in [9.17, 15) is 22.3 Å². The highest BCUT2D eigenvalue weighted by atomic mass is 32.2. The molecule has 3 N–H and O–H groups in total. The first kappa shape index (κ1) is 13.1. The molecule has 2 rings (SSSR count). The minimum absolute atomic E-state index is 0.0366. The molecule has 0 aromatic heterocycles. The van der Waals surface area contributed by atoms with Gasteiger partial charge >= 0.3 is 0 Å². The fourth-order valence-electron chi connectivity index (χ4n) is 1.96. The highest BCUT2D eigenvalue weighted by Crippen LogP contribution is 2.40. The van der Waals surface area contributed by atoms with Crippen LogP contribution >= 0.6 is 0 Å². The number of rotatable bonds is 3. The van der Waals surface area contributed by atoms with E-state index < -0.39 is 27.4 Å². The molecule has 0 radical (unpaired) electrons. The fraction of sp³-hybridized carbons (Fsp3) is 0.455. The van der Waals surface area contributed by atoms with Crippen molar-refractivity contribution in [2.75, 3.05) is 5.73 Å². The number of hydrogen-bond acceptors (Lipinski definition) is 4. The molecule has 0 heterocycles. The average Bonchev–Trinajstić information content (AvgIpc) is 2.18. The van der Waals surface area contributed by atoms with Gasteiger partial charge in [-0.1, -0.05) is 0 Å². The lowest BCUT2D eigenvalue weighted by Gasteiger charge is -2.34. The summed E-state index contributed by atoms with van der Waals surface area (Å²) in [7, 11) is -3.66. The summed E-state index contributed by atoms with van der Waals surface area (Å²) in [5, 5.41) is 8.57. The summed E-state index contributed by atoms with van der Waals surface area (Å²) in [6.07, 6.45) is -2.55. The Labute approximate surface area is 103 Å². The van der Waals surface area contributed by atoms with Crippen molar-refractivity contribution in [3.05, 3.63) is 18.2 Å². The largest absolute Gasteiger partial charge is 0.506 e. The van der Waals surface area contributed by atoms with Crippen LogP contribution in [-0.4, -0.2) is 25.2 Å². The first-order valence-electron chi connectivity index (χ1n) is 5.43. The van der Waals surface area contributed by atoms with Crippen molar-refractivity contribution in [3.63, 3.8) is 0 Å². The highest BCUT2D eigenvalue weighted by molar-refractivity contribution is 7.92. The molecule has 1 aliphatic rings. The highest BCUT2D eigenvalue weighted by Gasteiger charge is 2.43. The molecule has 18 heavy (non-hydrogen) atoms. The quantitative estimate of drug-likeness (QED) is 0.652. The standard InChI is InChI=1S/C11H13F2NO3S/c12-11(13)6-3-8(4-6)18(16,17)7-1-2-9(14)10(15)5-7/h1-2,5-6,8,11,15H,3-4,14H2. The van der Waals surface area contributed by atoms with E-state index in [1.54, 1.807) is 0 Å². The number of anilines is 1. The second-order valence-corrected chi connectivity index (χ2v) is 6.68. The van der Waals surface area contributed by atoms with Gasteiger partial charge in [0.2, 0.25) is 6.43 Å². The number of alkyl halides is 2. The van der Waals surface area contributed by atoms with Gasteiger partial charge < -0.3 is 10.8 Å². The second kappa shape index (κ2) is 4.38. The zero-order chi connectivity index (χ0) is 13.5. The van der Waals surface area contributed by atoms with Gasteiger partial charge in [-0.05, 0) is 25.0 Å². The minimum atomic E-state index is -3.66. The van der Waals surface area contributed by atoms with E-state index in [4.69, 9.17) is 5.73 Å². The van der Waals surface area contributed by atoms with E-state index in [-0.39, 0.29) is 29.2 Å². The van der Waals surface area contributed by atoms with Gasteiger partial charge in [0, 0.05) is 12.0 Å². The summed E-state index contributed by atoms with van der Waals surface area (Å²) in [4.78, 5) is -0.0769. The van der Waals surface area contributed by atoms with Crippen LogP contribution in [0.25, 0.3) is 0 Å². The normalized spacial score (nSPS) is 23.9. The molecule has 100 valence electrons. The van der Waals surface area contributed by atoms with Gasteiger partial charge in [-0.3, -0.25) is 0 Å². The zero-order valence-electron chi connectivity index (χ0n) is 9.38. The molecule has 7 heteroatoms. The number of phenols is 1. The third-order valence-corrected chi connectivity index (χ3v) is 5.43. The number of benzene rings is 1. The summed E-state index contributed by atoms with van der Waals surface area (Å²) < 4.78 is 48.7. The number of nitrogen functional groups attached to an aromatic ring is 1. The predicted octanol–water partition coefficient (Wildman–Crippen LogP) is 1.79. The Kier molecular flexibility index (Phi) is 3.18. The Morgan fingerprint density at radius 1 is 1.33 bits per heavy atom. The summed E-state index contributed by atoms with van der Waals surface area (Å²) in [5.41, 5.74) is 5.45. The van der Waals surface area contributed by atoms with Gasteiger partial charge in [0.05, 0.1) is 15.8 Å². The molecule has 1 aliphatic carbocycles. The van der Waals surface area contributed by atoms with Gasteiger partial charge in [0.1, 0.15) is 5.75 Å². The SMILES string of the molecule is Nc1ccc(S(=O)(=O)C2CC(C(F)F)C2)cc1O. The predicted molar refractivity (Wildman–Crippen MR) is 62.2 cm³/mol. The molecule has 1 saturated carbocycles. The van der Waals surface area contributed by atoms with Crippen molar-refractivity contribution < 1.29 is 22.3 Å². The summed E-state index contributed by atoms with van der Waals surface area (Å²) in [5.74, 6) is -1.16. The molecular formula is C11H13F2NO3S. The molecule has 0 amide bonds. The number of sulfone groups is 1. The molecule has 0 unspecified atom stereocenters. The van der Waals surface area contributed by atoms with Gasteiger partial charge in [-0.2, -0.15) is 0 Å². The van der Waals surface area contributed by atoms with E-state index in [0.717, 1.165) is 6.07 Å². The zero-order valence-corrected chi connectivity index (χ0v) is 10.2. The van der Waals surface area contributed by atoms with Crippen LogP contribution in [0.5, 0.6) is 5.75 Å². The van der Waals surface area contributed by atoms with Gasteiger partial charge in [-0.25, -0.2) is 17.2 Å². The Morgan fingerprint density at radius 2 is 1.94 bits per heavy atom. The van der Waals surface area contributed by atoms with E-state index in [1.807, 2.05) is 0 Å². The molecule has 0 atom stereocenters. The fourth-order valence-corrected chi connectivity index (χ4v) is 3.88. The summed E-state index contributed by atoms with van der Waals surface area (Å²) in [6, 6.07) is 3.62. The lowest BCUT2D eigenvalue weighted by Crippen LogP contribution is -2.39. The van der Waals surface area contributed by atoms with Crippen LogP contribution < -0.4 is 5.73 Å². The number of hydrogen-bond donors (Lipinski definition) is 2. The molecule has 0 saturated heterocycles. The maximum absolute atomic E-state index is 12.3. The third-order valence-electron chi connectivity index (χ3n) is 3.26. The number of halogens is 2. The van der Waals surface area contributed by atoms with Crippen LogP contribution in [0.3, 0.4) is 0 Å². The smallest absolute Gasteiger partial charge is 0.241 e. The number of aromatic hydroxyl groups is 1. The molecule has 0 spiro atoms. The molecule has 1 aromatic carbocycles. The van der Waals surface area contributed by atoms with Crippen molar-refractivity contribution >= 4 is 15.5 Å². The Balaban J connectivity index is 2.20. The van der Waals surface area contributed by atoms with Gasteiger partial charge in [0.25, 0.3) is 0 Å². The lowest BCUT2D eigenvalue weighted by molar-refractivity contribution is 0.0364. The van der Waals surface area contributed by atoms with E-state index in [0.29, 0.717) is 0 Å². The summed E-state index contributed by atoms with van der Waals surface area (Å²) in [6.45, 7) is 0. The van der Waals surface area contributed by atoms with Gasteiger partial charge in [0.15, 0.2) is 9.84 Å². The first-order valence-corrected chi connectivity index (χ1v) is 6.97. The number of nitrogens with two attached hydrogens (primary N) is 1. The average molecular weight is 277 g/mol. The van der Waals surface area contributed by atoms with E-state index >= 15 is 0 Å². The molecular weight excluding hydrogens is 264 g/mol. The van der Waals surface area contributed by atoms with Crippen molar-refractivity contribution in [1.29, 1.82) is 0 Å². The monoisotopic (exact) mass is 277 g/mol. The lowest BCUT2D eigenvalue weighted by atomic mass is 9.85. The molecule has 0 aliphatic heterocycles. The maximum atomic E-state index is 12.3. The number of phenolic OH excluding ortho intramolecular Hbond substituents is 1. The van der Waals surface area contributed by atoms with Crippen LogP contribution in [-0.2, 0) is 9.84 Å². The minimum Gasteiger partial charge on any atom is -0.506 e. The van der Waals surface area contributed by atoms with Crippen LogP contribution in [0.1, 0.15) is 12.8 Å². The Bertz CT molecular complexity index is 553. The third kappa shape index (κ3) is 2.14. The summed E-state index contributed by atoms with van der Waals surface area (Å²) >= 11 is 0. The van der Waals surface area contributed by atoms with Crippen LogP contribution in [0.15, 0.2) is 23.1 Å². The van der Waals surface area contributed by atoms with Crippen molar-refractivity contribution in [2.24, 2.45) is 5.92 Å². The van der Waals surface area contributed by atoms with Gasteiger partial charge in [-0.15, -0.1) is 0 Å². The Morgan fingerprint density at radius 3 is 2.44 bits per heavy atom. The topological polar surface area (TPSA) is 80.4 Å². The Hall–Kier alpha value is -1.37. The molecule has 4 nitrogen and oxygen atoms in total. The van der Waals surface area contributed by atoms with E-state index in [1.165, 1.54) is 12.1 Å². The molecule has 1 aromatic rings. The van der Waals surface area contributed by atoms with Crippen molar-refractivity contribution in [3.8, 4) is 5.75 Å². The maximum Gasteiger partial charge on any atom is 0.241 e. The van der Waals surface area contributed by atoms with Crippen molar-refractivity contribution in [1.82, 2.24) is 0 Å². The van der Waals surface area contributed by atoms with E-state index in [2.05, 4.69) is 0 Å². The van der Waals surface area contributed by atoms with Crippen LogP contribution in [0, 0.1) is 5.92 Å². The molecule has 1 fully saturated rings. The van der Waals surface area contributed by atoms with Crippen molar-refractivity contribution in [2.45, 2.75) is 29.4 Å². The van der Waals surface area contributed by atoms with Crippen LogP contribution in [0.2, 0.25) is 0 Å².